The van der Waals surface area contributed by atoms with E-state index in [9.17, 15) is 4.89 Å². The van der Waals surface area contributed by atoms with Crippen LogP contribution >= 0.6 is 7.82 Å². The number of hydrogen-bond acceptors (Lipinski definition) is 25. The van der Waals surface area contributed by atoms with Crippen molar-refractivity contribution < 1.29 is 166 Å². The fourth-order valence-corrected chi connectivity index (χ4v) is 31.1. The van der Waals surface area contributed by atoms with Crippen LogP contribution in [0, 0.1) is 0 Å². The van der Waals surface area contributed by atoms with Gasteiger partial charge in [-0.3, -0.25) is 4.89 Å². The van der Waals surface area contributed by atoms with Crippen LogP contribution in [0.2, 0.25) is 0 Å². The zero-order chi connectivity index (χ0) is 109. The highest BCUT2D eigenvalue weighted by Crippen LogP contribution is 2.61. The largest absolute Gasteiger partial charge is 0.527 e. The van der Waals surface area contributed by atoms with E-state index in [0.29, 0.717) is 128 Å². The number of rotatable bonds is 98. The van der Waals surface area contributed by atoms with Gasteiger partial charge in [-0.05, 0) is 64.2 Å². The van der Waals surface area contributed by atoms with Crippen molar-refractivity contribution in [2.24, 2.45) is 0 Å². The second-order valence-corrected chi connectivity index (χ2v) is 58.3. The van der Waals surface area contributed by atoms with E-state index < -0.39 is 376 Å². The summed E-state index contributed by atoms with van der Waals surface area (Å²) in [5, 5.41) is 0. The third-order valence-electron chi connectivity index (χ3n) is 25.0. The summed E-state index contributed by atoms with van der Waals surface area (Å²) in [6, 6.07) is 0. The van der Waals surface area contributed by atoms with Crippen LogP contribution in [0.25, 0.3) is 0 Å². The third-order valence-corrected chi connectivity index (χ3v) is 42.0. The van der Waals surface area contributed by atoms with Crippen LogP contribution in [-0.2, 0) is 124 Å². The SMILES string of the molecule is CCCCCCCCS(=O)(=O)N(F)C(N(F)S(=O)(=O)CCCCCCCC)(N(F)S(=O)(=O)CCCCCCCC)C(OOP(=O)(O)OOC(N(F)S(=O)(=O)CCCCCCCC)(C(N(F)S(=O)(=O)CCCCCCCC)(N(F)S(=O)(=O)CCCCCCCC)N(F)S(=O)(=O)CCCCCCCC)[N+](C)(F)S(=O)(=O)CCCCCCCC)(N(F)S(=O)(=O)CCCCCCCC)[N+](C)(F)S(=O)(=O)CCCCCCCC. The summed E-state index contributed by atoms with van der Waals surface area (Å²) in [5.41, 5.74) is 0. The molecule has 36 nitrogen and oxygen atoms in total. The number of likely N-dealkylation sites (N-methyl/N-ethyl adjacent to an activating group) is 2. The molecule has 860 valence electrons. The molecule has 0 amide bonds. The zero-order valence-corrected chi connectivity index (χ0v) is 96.0. The summed E-state index contributed by atoms with van der Waals surface area (Å²) in [7, 11) is -83.7. The molecular weight excluding hydrogens is 2130 g/mol. The molecule has 143 heavy (non-hydrogen) atoms. The Labute approximate surface area is 853 Å². The van der Waals surface area contributed by atoms with Crippen LogP contribution < -0.4 is 0 Å². The Morgan fingerprint density at radius 3 is 0.455 bits per heavy atom. The van der Waals surface area contributed by atoms with E-state index in [1.165, 1.54) is 0 Å². The van der Waals surface area contributed by atoms with E-state index in [1.807, 2.05) is 0 Å². The first-order valence-corrected chi connectivity index (χ1v) is 69.5. The molecule has 0 aromatic rings. The van der Waals surface area contributed by atoms with Crippen LogP contribution in [0.5, 0.6) is 0 Å². The first-order valence-electron chi connectivity index (χ1n) is 51.9. The molecule has 0 bridgehead atoms. The Balaban J connectivity index is 12.7. The summed E-state index contributed by atoms with van der Waals surface area (Å²) in [6.45, 7) is 17.0. The quantitative estimate of drug-likeness (QED) is 0.0112. The molecule has 0 saturated heterocycles. The third kappa shape index (κ3) is 42.2. The molecule has 4 unspecified atom stereocenters. The zero-order valence-electron chi connectivity index (χ0n) is 86.9. The molecule has 1 N–H and O–H groups in total. The first kappa shape index (κ1) is 141. The lowest BCUT2D eigenvalue weighted by Crippen LogP contribution is -2.89. The average molecular weight is 2310 g/mol. The lowest BCUT2D eigenvalue weighted by Gasteiger charge is -2.52. The van der Waals surface area contributed by atoms with Gasteiger partial charge in [-0.2, -0.15) is 16.8 Å². The van der Waals surface area contributed by atoms with Crippen LogP contribution in [0.4, 0.5) is 44.8 Å². The minimum Gasteiger partial charge on any atom is -0.299 e. The molecule has 0 aromatic heterocycles. The van der Waals surface area contributed by atoms with E-state index in [4.69, 9.17) is 9.78 Å². The van der Waals surface area contributed by atoms with Crippen molar-refractivity contribution in [2.45, 2.75) is 478 Å². The molecule has 0 rings (SSSR count). The molecule has 4 atom stereocenters. The van der Waals surface area contributed by atoms with Crippen molar-refractivity contribution in [1.82, 2.24) is 36.2 Å². The smallest absolute Gasteiger partial charge is 0.299 e. The molecule has 57 heteroatoms. The van der Waals surface area contributed by atoms with Gasteiger partial charge in [-0.1, -0.05) is 390 Å². The molecular formula is C86H177F10N10O26PS10+2. The standard InChI is InChI=1S/C86H176F10N10O26PS10/c1-13-23-33-43-53-63-73-134(109,110)97(87)83(98(88)135(111,112)74-64-54-44-34-24-14-2,99(89)136(113,114)75-65-55-45-35-25-15-3)85(103(93)140(121,122)79-69-59-49-39-29-19-7,105(11,95)142(125,126)81-71-61-51-41-31-21-9)129-131-133(107,108)132-130-86(104(94)141(123,124)80-70-60-50-40-30-20-8,106(12,96)143(127,128)82-72-62-52-42-32-22-10)84(100(90)137(115,116)76-66-56-46-36-26-16-4,101(91)138(117,118)77-67-57-47-37-27-17-5)102(92)139(119,120)78-68-58-48-38-28-18-6/h13-82H2,1-12H3/q+1/p+1. The van der Waals surface area contributed by atoms with Gasteiger partial charge in [-0.25, -0.2) is 71.9 Å². The summed E-state index contributed by atoms with van der Waals surface area (Å²) < 4.78 is 512. The minimum absolute atomic E-state index is 0.0709. The fraction of sp³-hybridized carbons (Fsp3) is 1.00. The maximum Gasteiger partial charge on any atom is 0.527 e. The molecule has 0 radical (unpaired) electrons. The summed E-state index contributed by atoms with van der Waals surface area (Å²) >= 11 is 0. The van der Waals surface area contributed by atoms with Gasteiger partial charge in [-0.15, -0.1) is 55.0 Å². The van der Waals surface area contributed by atoms with Gasteiger partial charge in [0.2, 0.25) is 80.2 Å². The van der Waals surface area contributed by atoms with Crippen molar-refractivity contribution in [3.63, 3.8) is 0 Å². The predicted octanol–water partition coefficient (Wildman–Crippen LogP) is 22.7. The van der Waals surface area contributed by atoms with Gasteiger partial charge in [0.1, 0.15) is 25.6 Å². The predicted molar refractivity (Wildman–Crippen MR) is 535 cm³/mol. The van der Waals surface area contributed by atoms with E-state index in [-0.39, 0.29) is 128 Å². The molecule has 0 fully saturated rings. The molecule has 0 aliphatic heterocycles. The molecule has 0 spiro atoms. The Morgan fingerprint density at radius 1 is 0.210 bits per heavy atom. The summed E-state index contributed by atoms with van der Waals surface area (Å²) in [4.78, 5) is 22.5. The number of halogens is 10. The highest BCUT2D eigenvalue weighted by molar-refractivity contribution is 7.92. The van der Waals surface area contributed by atoms with Gasteiger partial charge in [0.15, 0.2) is 0 Å². The summed E-state index contributed by atoms with van der Waals surface area (Å²) in [6.07, 6.45) is -6.40. The highest BCUT2D eigenvalue weighted by atomic mass is 32.2. The number of phosphoric acid groups is 1. The van der Waals surface area contributed by atoms with Crippen LogP contribution in [0.15, 0.2) is 0 Å². The number of hydrogen-bond donors (Lipinski definition) is 1. The Bertz CT molecular complexity index is 4250. The Hall–Kier alpha value is -1.57. The second-order valence-electron chi connectivity index (χ2n) is 37.4. The first-order chi connectivity index (χ1) is 66.8. The fourth-order valence-electron chi connectivity index (χ4n) is 16.2. The van der Waals surface area contributed by atoms with Gasteiger partial charge in [0.25, 0.3) is 0 Å². The number of unbranched alkanes of at least 4 members (excludes halogenated alkanes) is 50. The Morgan fingerprint density at radius 2 is 0.322 bits per heavy atom. The monoisotopic (exact) mass is 2310 g/mol. The maximum absolute atomic E-state index is 20.9. The molecule has 0 aromatic carbocycles. The number of quaternary nitrogens is 2. The molecule has 0 aliphatic rings. The lowest BCUT2D eigenvalue weighted by molar-refractivity contribution is -1.04. The topological polar surface area (TPSA) is 442 Å². The normalized spacial score (nSPS) is 15.9. The number of nitrogens with zero attached hydrogens (tertiary/aromatic N) is 10. The second kappa shape index (κ2) is 69.3. The van der Waals surface area contributed by atoms with Crippen molar-refractivity contribution in [3.8, 4) is 0 Å². The maximum atomic E-state index is 20.9. The van der Waals surface area contributed by atoms with Gasteiger partial charge >= 0.3 is 51.1 Å². The van der Waals surface area contributed by atoms with E-state index >= 15 is 134 Å². The van der Waals surface area contributed by atoms with Crippen LogP contribution in [0.3, 0.4) is 0 Å². The molecule has 0 saturated carbocycles. The van der Waals surface area contributed by atoms with Crippen molar-refractivity contribution in [2.75, 3.05) is 71.6 Å². The van der Waals surface area contributed by atoms with Crippen molar-refractivity contribution in [3.05, 3.63) is 0 Å². The van der Waals surface area contributed by atoms with Crippen LogP contribution in [0.1, 0.15) is 454 Å². The van der Waals surface area contributed by atoms with Crippen LogP contribution in [-0.4, -0.2) is 228 Å². The van der Waals surface area contributed by atoms with Crippen molar-refractivity contribution >= 4 is 108 Å². The van der Waals surface area contributed by atoms with Gasteiger partial charge in [0, 0.05) is 44.3 Å². The molecule has 0 aliphatic carbocycles. The summed E-state index contributed by atoms with van der Waals surface area (Å²) in [5.74, 6) is -50.9. The van der Waals surface area contributed by atoms with E-state index in [2.05, 4.69) is 9.35 Å². The number of sulfonamides is 10. The average Bonchev–Trinajstić information content (AvgIpc) is 0.668. The van der Waals surface area contributed by atoms with Gasteiger partial charge in [0.05, 0.1) is 55.1 Å². The van der Waals surface area contributed by atoms with E-state index in [1.54, 1.807) is 69.2 Å². The molecule has 0 heterocycles. The van der Waals surface area contributed by atoms with Gasteiger partial charge < -0.3 is 0 Å². The highest BCUT2D eigenvalue weighted by Gasteiger charge is 2.94. The lowest BCUT2D eigenvalue weighted by atomic mass is 10.1. The van der Waals surface area contributed by atoms with E-state index in [0.717, 1.165) is 0 Å². The minimum atomic E-state index is -8.92. The Kier molecular flexibility index (Phi) is 68.6. The van der Waals surface area contributed by atoms with Crippen molar-refractivity contribution in [1.29, 1.82) is 0 Å².